The van der Waals surface area contributed by atoms with Crippen LogP contribution in [0.5, 0.6) is 0 Å². The highest BCUT2D eigenvalue weighted by Crippen LogP contribution is 2.16. The summed E-state index contributed by atoms with van der Waals surface area (Å²) in [5.41, 5.74) is 5.71. The fraction of sp³-hybridized carbons (Fsp3) is 0.909. The molecule has 1 atom stereocenters. The molecule has 3 nitrogen and oxygen atoms in total. The van der Waals surface area contributed by atoms with Crippen molar-refractivity contribution in [3.8, 4) is 0 Å². The van der Waals surface area contributed by atoms with Crippen molar-refractivity contribution in [3.63, 3.8) is 0 Å². The molecular weight excluding hydrogens is 176 g/mol. The third-order valence-electron chi connectivity index (χ3n) is 2.96. The van der Waals surface area contributed by atoms with Crippen LogP contribution in [0.1, 0.15) is 45.4 Å². The van der Waals surface area contributed by atoms with Crippen LogP contribution in [0.25, 0.3) is 0 Å². The number of piperidine rings is 1. The number of nitrogens with zero attached hydrogens (tertiary/aromatic N) is 1. The minimum atomic E-state index is 0.294. The van der Waals surface area contributed by atoms with Crippen LogP contribution in [0, 0.1) is 0 Å². The lowest BCUT2D eigenvalue weighted by molar-refractivity contribution is -0.135. The molecule has 0 aromatic carbocycles. The number of unbranched alkanes of at least 4 members (excludes halogenated alkanes) is 1. The minimum Gasteiger partial charge on any atom is -0.338 e. The van der Waals surface area contributed by atoms with E-state index in [9.17, 15) is 4.79 Å². The number of hydrogen-bond acceptors (Lipinski definition) is 2. The second-order valence-electron chi connectivity index (χ2n) is 4.08. The predicted molar refractivity (Wildman–Crippen MR) is 57.9 cm³/mol. The van der Waals surface area contributed by atoms with E-state index in [0.717, 1.165) is 32.2 Å². The Balaban J connectivity index is 2.44. The average molecular weight is 198 g/mol. The Kier molecular flexibility index (Phi) is 4.94. The molecule has 0 saturated carbocycles. The van der Waals surface area contributed by atoms with Gasteiger partial charge in [0.2, 0.25) is 5.91 Å². The SMILES string of the molecule is CCCCC(CN)N1CCCCC1=O. The maximum atomic E-state index is 11.6. The zero-order valence-electron chi connectivity index (χ0n) is 9.17. The summed E-state index contributed by atoms with van der Waals surface area (Å²) in [5, 5.41) is 0. The quantitative estimate of drug-likeness (QED) is 0.728. The molecule has 0 aromatic rings. The van der Waals surface area contributed by atoms with E-state index >= 15 is 0 Å². The Morgan fingerprint density at radius 1 is 1.50 bits per heavy atom. The van der Waals surface area contributed by atoms with Crippen molar-refractivity contribution in [2.75, 3.05) is 13.1 Å². The molecule has 1 fully saturated rings. The lowest BCUT2D eigenvalue weighted by Gasteiger charge is -2.34. The molecule has 3 heteroatoms. The number of nitrogens with two attached hydrogens (primary N) is 1. The largest absolute Gasteiger partial charge is 0.338 e. The van der Waals surface area contributed by atoms with Crippen LogP contribution in [0.4, 0.5) is 0 Å². The second kappa shape index (κ2) is 6.02. The first-order chi connectivity index (χ1) is 6.79. The highest BCUT2D eigenvalue weighted by atomic mass is 16.2. The third kappa shape index (κ3) is 2.98. The summed E-state index contributed by atoms with van der Waals surface area (Å²) in [6, 6.07) is 0.294. The molecule has 0 aromatic heterocycles. The summed E-state index contributed by atoms with van der Waals surface area (Å²) in [6.45, 7) is 3.71. The summed E-state index contributed by atoms with van der Waals surface area (Å²) < 4.78 is 0. The first kappa shape index (κ1) is 11.5. The van der Waals surface area contributed by atoms with Crippen molar-refractivity contribution in [2.24, 2.45) is 5.73 Å². The summed E-state index contributed by atoms with van der Waals surface area (Å²) in [6.07, 6.45) is 6.35. The molecular formula is C11H22N2O. The molecule has 0 radical (unpaired) electrons. The topological polar surface area (TPSA) is 46.3 Å². The predicted octanol–water partition coefficient (Wildman–Crippen LogP) is 1.52. The van der Waals surface area contributed by atoms with Crippen LogP contribution in [0.15, 0.2) is 0 Å². The van der Waals surface area contributed by atoms with Gasteiger partial charge in [-0.15, -0.1) is 0 Å². The smallest absolute Gasteiger partial charge is 0.222 e. The number of rotatable bonds is 5. The Hall–Kier alpha value is -0.570. The van der Waals surface area contributed by atoms with Crippen molar-refractivity contribution >= 4 is 5.91 Å². The molecule has 1 unspecified atom stereocenters. The van der Waals surface area contributed by atoms with Gasteiger partial charge in [-0.25, -0.2) is 0 Å². The summed E-state index contributed by atoms with van der Waals surface area (Å²) in [4.78, 5) is 13.6. The van der Waals surface area contributed by atoms with E-state index in [-0.39, 0.29) is 0 Å². The van der Waals surface area contributed by atoms with Gasteiger partial charge in [-0.05, 0) is 19.3 Å². The Morgan fingerprint density at radius 2 is 2.29 bits per heavy atom. The second-order valence-corrected chi connectivity index (χ2v) is 4.08. The molecule has 0 spiro atoms. The van der Waals surface area contributed by atoms with E-state index in [1.165, 1.54) is 12.8 Å². The average Bonchev–Trinajstić information content (AvgIpc) is 2.21. The minimum absolute atomic E-state index is 0.294. The normalized spacial score (nSPS) is 19.9. The van der Waals surface area contributed by atoms with E-state index in [0.29, 0.717) is 18.5 Å². The Bertz CT molecular complexity index is 182. The van der Waals surface area contributed by atoms with Gasteiger partial charge in [0.25, 0.3) is 0 Å². The molecule has 0 bridgehead atoms. The summed E-state index contributed by atoms with van der Waals surface area (Å²) in [5.74, 6) is 0.308. The van der Waals surface area contributed by atoms with Crippen molar-refractivity contribution in [1.82, 2.24) is 4.90 Å². The Labute approximate surface area is 86.6 Å². The zero-order chi connectivity index (χ0) is 10.4. The Morgan fingerprint density at radius 3 is 2.86 bits per heavy atom. The van der Waals surface area contributed by atoms with Crippen LogP contribution in [-0.2, 0) is 4.79 Å². The molecule has 82 valence electrons. The monoisotopic (exact) mass is 198 g/mol. The van der Waals surface area contributed by atoms with Gasteiger partial charge in [0.05, 0.1) is 0 Å². The molecule has 1 heterocycles. The van der Waals surface area contributed by atoms with E-state index in [1.807, 2.05) is 4.90 Å². The summed E-state index contributed by atoms with van der Waals surface area (Å²) in [7, 11) is 0. The zero-order valence-corrected chi connectivity index (χ0v) is 9.17. The maximum absolute atomic E-state index is 11.6. The van der Waals surface area contributed by atoms with Crippen molar-refractivity contribution in [1.29, 1.82) is 0 Å². The lowest BCUT2D eigenvalue weighted by atomic mass is 10.0. The lowest BCUT2D eigenvalue weighted by Crippen LogP contribution is -2.46. The van der Waals surface area contributed by atoms with Gasteiger partial charge in [-0.2, -0.15) is 0 Å². The van der Waals surface area contributed by atoms with Gasteiger partial charge in [-0.3, -0.25) is 4.79 Å². The molecule has 1 amide bonds. The molecule has 2 N–H and O–H groups in total. The first-order valence-electron chi connectivity index (χ1n) is 5.79. The van der Waals surface area contributed by atoms with Crippen molar-refractivity contribution in [3.05, 3.63) is 0 Å². The van der Waals surface area contributed by atoms with E-state index in [4.69, 9.17) is 5.73 Å². The standard InChI is InChI=1S/C11H22N2O/c1-2-3-6-10(9-12)13-8-5-4-7-11(13)14/h10H,2-9,12H2,1H3. The van der Waals surface area contributed by atoms with Crippen LogP contribution in [0.2, 0.25) is 0 Å². The van der Waals surface area contributed by atoms with Crippen LogP contribution >= 0.6 is 0 Å². The molecule has 1 aliphatic rings. The molecule has 1 saturated heterocycles. The molecule has 1 aliphatic heterocycles. The highest BCUT2D eigenvalue weighted by Gasteiger charge is 2.24. The van der Waals surface area contributed by atoms with Crippen LogP contribution in [0.3, 0.4) is 0 Å². The fourth-order valence-corrected chi connectivity index (χ4v) is 2.05. The number of carbonyl (C=O) groups excluding carboxylic acids is 1. The number of hydrogen-bond donors (Lipinski definition) is 1. The van der Waals surface area contributed by atoms with E-state index in [1.54, 1.807) is 0 Å². The number of carbonyl (C=O) groups is 1. The van der Waals surface area contributed by atoms with Gasteiger partial charge < -0.3 is 10.6 Å². The third-order valence-corrected chi connectivity index (χ3v) is 2.96. The highest BCUT2D eigenvalue weighted by molar-refractivity contribution is 5.77. The van der Waals surface area contributed by atoms with Gasteiger partial charge in [0.15, 0.2) is 0 Å². The van der Waals surface area contributed by atoms with Gasteiger partial charge in [0.1, 0.15) is 0 Å². The van der Waals surface area contributed by atoms with Gasteiger partial charge >= 0.3 is 0 Å². The molecule has 0 aliphatic carbocycles. The number of likely N-dealkylation sites (tertiary alicyclic amines) is 1. The van der Waals surface area contributed by atoms with Gasteiger partial charge in [0, 0.05) is 25.6 Å². The van der Waals surface area contributed by atoms with Gasteiger partial charge in [-0.1, -0.05) is 19.8 Å². The van der Waals surface area contributed by atoms with Crippen molar-refractivity contribution in [2.45, 2.75) is 51.5 Å². The van der Waals surface area contributed by atoms with Crippen molar-refractivity contribution < 1.29 is 4.79 Å². The van der Waals surface area contributed by atoms with E-state index in [2.05, 4.69) is 6.92 Å². The van der Waals surface area contributed by atoms with E-state index < -0.39 is 0 Å². The molecule has 1 rings (SSSR count). The summed E-state index contributed by atoms with van der Waals surface area (Å²) >= 11 is 0. The first-order valence-corrected chi connectivity index (χ1v) is 5.79. The van der Waals surface area contributed by atoms with Crippen LogP contribution < -0.4 is 5.73 Å². The fourth-order valence-electron chi connectivity index (χ4n) is 2.05. The van der Waals surface area contributed by atoms with Crippen LogP contribution in [-0.4, -0.2) is 29.9 Å². The maximum Gasteiger partial charge on any atom is 0.222 e. The number of amides is 1. The molecule has 14 heavy (non-hydrogen) atoms.